The minimum absolute atomic E-state index is 0.408. The molecule has 1 aliphatic heterocycles. The molecular formula is C19H27F3N4O2. The smallest absolute Gasteiger partial charge is 0.369 e. The van der Waals surface area contributed by atoms with Crippen LogP contribution in [0.4, 0.5) is 23.7 Å². The zero-order valence-electron chi connectivity index (χ0n) is 16.6. The maximum atomic E-state index is 12.9. The number of piperazine rings is 1. The Hall–Kier alpha value is -2.29. The van der Waals surface area contributed by atoms with Crippen LogP contribution in [0.3, 0.4) is 0 Å². The van der Waals surface area contributed by atoms with Gasteiger partial charge in [-0.25, -0.2) is 4.79 Å². The molecule has 28 heavy (non-hydrogen) atoms. The van der Waals surface area contributed by atoms with E-state index < -0.39 is 35.3 Å². The molecule has 3 amide bonds. The molecule has 1 aliphatic rings. The van der Waals surface area contributed by atoms with Gasteiger partial charge in [-0.2, -0.15) is 13.2 Å². The first kappa shape index (κ1) is 22.0. The van der Waals surface area contributed by atoms with Crippen LogP contribution >= 0.6 is 0 Å². The van der Waals surface area contributed by atoms with Crippen molar-refractivity contribution in [2.75, 3.05) is 31.1 Å². The topological polar surface area (TPSA) is 64.7 Å². The summed E-state index contributed by atoms with van der Waals surface area (Å²) in [6.45, 7) is 9.14. The lowest BCUT2D eigenvalue weighted by Crippen LogP contribution is -2.56. The summed E-state index contributed by atoms with van der Waals surface area (Å²) in [7, 11) is 0. The predicted octanol–water partition coefficient (Wildman–Crippen LogP) is 2.84. The quantitative estimate of drug-likeness (QED) is 0.819. The molecule has 1 fully saturated rings. The molecule has 1 heterocycles. The van der Waals surface area contributed by atoms with Crippen molar-refractivity contribution in [2.45, 2.75) is 45.5 Å². The molecule has 6 nitrogen and oxygen atoms in total. The van der Waals surface area contributed by atoms with Gasteiger partial charge in [0.15, 0.2) is 0 Å². The average molecular weight is 400 g/mol. The predicted molar refractivity (Wildman–Crippen MR) is 101 cm³/mol. The first-order valence-electron chi connectivity index (χ1n) is 9.16. The number of benzene rings is 1. The van der Waals surface area contributed by atoms with Crippen LogP contribution < -0.4 is 15.5 Å². The van der Waals surface area contributed by atoms with Crippen LogP contribution in [0.15, 0.2) is 24.3 Å². The van der Waals surface area contributed by atoms with E-state index in [0.717, 1.165) is 12.1 Å². The van der Waals surface area contributed by atoms with Crippen LogP contribution in [0.25, 0.3) is 0 Å². The Morgan fingerprint density at radius 3 is 2.21 bits per heavy atom. The summed E-state index contributed by atoms with van der Waals surface area (Å²) in [6.07, 6.45) is -4.38. The Bertz CT molecular complexity index is 708. The lowest BCUT2D eigenvalue weighted by atomic mass is 10.1. The number of rotatable bonds is 3. The highest BCUT2D eigenvalue weighted by Gasteiger charge is 2.32. The van der Waals surface area contributed by atoms with E-state index in [0.29, 0.717) is 31.9 Å². The fourth-order valence-corrected chi connectivity index (χ4v) is 3.00. The number of imide groups is 1. The molecule has 0 aromatic heterocycles. The zero-order valence-corrected chi connectivity index (χ0v) is 16.6. The van der Waals surface area contributed by atoms with Gasteiger partial charge in [0.2, 0.25) is 5.91 Å². The Labute approximate surface area is 163 Å². The van der Waals surface area contributed by atoms with Gasteiger partial charge in [-0.3, -0.25) is 15.0 Å². The third-order valence-electron chi connectivity index (χ3n) is 4.51. The van der Waals surface area contributed by atoms with Crippen LogP contribution in [-0.2, 0) is 11.0 Å². The summed E-state index contributed by atoms with van der Waals surface area (Å²) in [4.78, 5) is 27.9. The maximum absolute atomic E-state index is 12.9. The lowest BCUT2D eigenvalue weighted by Gasteiger charge is -2.38. The summed E-state index contributed by atoms with van der Waals surface area (Å²) in [6, 6.07) is 4.17. The summed E-state index contributed by atoms with van der Waals surface area (Å²) in [5.74, 6) is -0.408. The van der Waals surface area contributed by atoms with Crippen molar-refractivity contribution in [3.05, 3.63) is 29.8 Å². The highest BCUT2D eigenvalue weighted by Crippen LogP contribution is 2.31. The normalized spacial score (nSPS) is 17.2. The van der Waals surface area contributed by atoms with Gasteiger partial charge in [0.05, 0.1) is 11.6 Å². The van der Waals surface area contributed by atoms with Crippen molar-refractivity contribution in [1.82, 2.24) is 15.5 Å². The van der Waals surface area contributed by atoms with Crippen molar-refractivity contribution in [2.24, 2.45) is 0 Å². The third kappa shape index (κ3) is 6.12. The number of carbonyl (C=O) groups excluding carboxylic acids is 2. The molecule has 0 unspecified atom stereocenters. The maximum Gasteiger partial charge on any atom is 0.416 e. The SMILES string of the molecule is C[C@H](C(=O)NC(=O)NC(C)(C)C)N1CCN(c2cccc(C(F)(F)F)c2)CC1. The van der Waals surface area contributed by atoms with E-state index in [1.165, 1.54) is 6.07 Å². The van der Waals surface area contributed by atoms with Gasteiger partial charge in [0.1, 0.15) is 0 Å². The van der Waals surface area contributed by atoms with Crippen LogP contribution in [0.2, 0.25) is 0 Å². The fourth-order valence-electron chi connectivity index (χ4n) is 3.00. The standard InChI is InChI=1S/C19H27F3N4O2/c1-13(16(27)23-17(28)24-18(2,3)4)25-8-10-26(11-9-25)15-7-5-6-14(12-15)19(20,21)22/h5-7,12-13H,8-11H2,1-4H3,(H2,23,24,27,28)/t13-/m1/s1. The molecule has 1 atom stereocenters. The molecule has 156 valence electrons. The van der Waals surface area contributed by atoms with Crippen molar-refractivity contribution in [1.29, 1.82) is 0 Å². The Balaban J connectivity index is 1.91. The van der Waals surface area contributed by atoms with E-state index in [9.17, 15) is 22.8 Å². The largest absolute Gasteiger partial charge is 0.416 e. The number of alkyl halides is 3. The number of anilines is 1. The molecule has 0 radical (unpaired) electrons. The molecule has 0 bridgehead atoms. The van der Waals surface area contributed by atoms with E-state index in [2.05, 4.69) is 10.6 Å². The molecule has 1 aromatic carbocycles. The molecule has 2 N–H and O–H groups in total. The van der Waals surface area contributed by atoms with Crippen LogP contribution in [0.5, 0.6) is 0 Å². The summed E-state index contributed by atoms with van der Waals surface area (Å²) < 4.78 is 38.7. The molecule has 0 saturated carbocycles. The Morgan fingerprint density at radius 1 is 1.07 bits per heavy atom. The third-order valence-corrected chi connectivity index (χ3v) is 4.51. The van der Waals surface area contributed by atoms with E-state index in [1.54, 1.807) is 13.0 Å². The average Bonchev–Trinajstić information content (AvgIpc) is 2.59. The van der Waals surface area contributed by atoms with Crippen LogP contribution in [-0.4, -0.2) is 54.6 Å². The van der Waals surface area contributed by atoms with Crippen LogP contribution in [0.1, 0.15) is 33.3 Å². The van der Waals surface area contributed by atoms with E-state index in [4.69, 9.17) is 0 Å². The van der Waals surface area contributed by atoms with Gasteiger partial charge >= 0.3 is 12.2 Å². The fraction of sp³-hybridized carbons (Fsp3) is 0.579. The number of nitrogens with zero attached hydrogens (tertiary/aromatic N) is 2. The summed E-state index contributed by atoms with van der Waals surface area (Å²) in [5.41, 5.74) is -0.620. The van der Waals surface area contributed by atoms with Crippen molar-refractivity contribution >= 4 is 17.6 Å². The second kappa shape index (κ2) is 8.38. The Morgan fingerprint density at radius 2 is 1.68 bits per heavy atom. The minimum Gasteiger partial charge on any atom is -0.369 e. The summed E-state index contributed by atoms with van der Waals surface area (Å²) >= 11 is 0. The molecule has 0 spiro atoms. The van der Waals surface area contributed by atoms with Gasteiger partial charge in [-0.15, -0.1) is 0 Å². The number of amides is 3. The highest BCUT2D eigenvalue weighted by atomic mass is 19.4. The van der Waals surface area contributed by atoms with Gasteiger partial charge in [-0.05, 0) is 45.9 Å². The van der Waals surface area contributed by atoms with Crippen molar-refractivity contribution in [3.8, 4) is 0 Å². The molecule has 2 rings (SSSR count). The number of urea groups is 1. The lowest BCUT2D eigenvalue weighted by molar-refractivity contribution is -0.137. The number of carbonyl (C=O) groups is 2. The van der Waals surface area contributed by atoms with Crippen LogP contribution in [0, 0.1) is 0 Å². The van der Waals surface area contributed by atoms with E-state index >= 15 is 0 Å². The second-order valence-corrected chi connectivity index (χ2v) is 7.94. The monoisotopic (exact) mass is 400 g/mol. The Kier molecular flexibility index (Phi) is 6.59. The minimum atomic E-state index is -4.38. The number of halogens is 3. The molecular weight excluding hydrogens is 373 g/mol. The van der Waals surface area contributed by atoms with Gasteiger partial charge in [-0.1, -0.05) is 6.07 Å². The highest BCUT2D eigenvalue weighted by molar-refractivity contribution is 5.97. The number of hydrogen-bond acceptors (Lipinski definition) is 4. The molecule has 1 saturated heterocycles. The van der Waals surface area contributed by atoms with E-state index in [-0.39, 0.29) is 0 Å². The summed E-state index contributed by atoms with van der Waals surface area (Å²) in [5, 5.41) is 5.00. The second-order valence-electron chi connectivity index (χ2n) is 7.94. The molecule has 9 heteroatoms. The molecule has 0 aliphatic carbocycles. The van der Waals surface area contributed by atoms with Gasteiger partial charge in [0.25, 0.3) is 0 Å². The van der Waals surface area contributed by atoms with Crippen molar-refractivity contribution < 1.29 is 22.8 Å². The first-order chi connectivity index (χ1) is 12.9. The first-order valence-corrected chi connectivity index (χ1v) is 9.16. The van der Waals surface area contributed by atoms with E-state index in [1.807, 2.05) is 30.6 Å². The number of nitrogens with one attached hydrogen (secondary N) is 2. The number of hydrogen-bond donors (Lipinski definition) is 2. The van der Waals surface area contributed by atoms with Crippen molar-refractivity contribution in [3.63, 3.8) is 0 Å². The van der Waals surface area contributed by atoms with Gasteiger partial charge < -0.3 is 10.2 Å². The van der Waals surface area contributed by atoms with Gasteiger partial charge in [0, 0.05) is 37.4 Å². The molecule has 1 aromatic rings. The zero-order chi connectivity index (χ0) is 21.1.